The molecule has 0 heterocycles. The fourth-order valence-corrected chi connectivity index (χ4v) is 2.51. The molecule has 2 rings (SSSR count). The average Bonchev–Trinajstić information content (AvgIpc) is 2.92. The highest BCUT2D eigenvalue weighted by molar-refractivity contribution is 7.80. The Morgan fingerprint density at radius 1 is 0.949 bits per heavy atom. The summed E-state index contributed by atoms with van der Waals surface area (Å²) in [6.45, 7) is 2.06. The number of aliphatic carboxylic acids is 1. The van der Waals surface area contributed by atoms with Crippen molar-refractivity contribution in [2.45, 2.75) is 32.9 Å². The lowest BCUT2D eigenvalue weighted by Gasteiger charge is -2.06. The van der Waals surface area contributed by atoms with E-state index in [1.807, 2.05) is 60.7 Å². The molecule has 2 amide bonds. The Labute approximate surface area is 239 Å². The largest absolute Gasteiger partial charge is 0.481 e. The van der Waals surface area contributed by atoms with Crippen LogP contribution in [0.4, 0.5) is 0 Å². The molecule has 210 valence electrons. The van der Waals surface area contributed by atoms with Gasteiger partial charge in [-0.3, -0.25) is 19.2 Å². The number of nitrogens with one attached hydrogen (secondary N) is 2. The first kappa shape index (κ1) is 37.0. The fourth-order valence-electron chi connectivity index (χ4n) is 2.14. The number of carbonyl (C=O) groups excluding carboxylic acids is 3. The molecule has 0 saturated carbocycles. The summed E-state index contributed by atoms with van der Waals surface area (Å²) in [4.78, 5) is 45.2. The van der Waals surface area contributed by atoms with E-state index < -0.39 is 17.8 Å². The first-order chi connectivity index (χ1) is 18.7. The van der Waals surface area contributed by atoms with Crippen molar-refractivity contribution < 1.29 is 33.8 Å². The van der Waals surface area contributed by atoms with Crippen molar-refractivity contribution in [1.29, 1.82) is 5.26 Å². The van der Waals surface area contributed by atoms with E-state index >= 15 is 0 Å². The molecule has 2 aromatic carbocycles. The second-order valence-electron chi connectivity index (χ2n) is 6.94. The number of benzene rings is 2. The van der Waals surface area contributed by atoms with Crippen LogP contribution >= 0.6 is 25.3 Å². The molecule has 0 atom stereocenters. The number of thiol groups is 2. The molecule has 11 nitrogen and oxygen atoms in total. The van der Waals surface area contributed by atoms with Crippen molar-refractivity contribution in [3.8, 4) is 6.07 Å². The Balaban J connectivity index is 0. The monoisotopic (exact) mass is 575 g/mol. The Hall–Kier alpha value is -4.11. The number of rotatable bonds is 11. The molecule has 0 spiro atoms. The number of amides is 2. The van der Waals surface area contributed by atoms with Crippen LogP contribution in [0.5, 0.6) is 0 Å². The average molecular weight is 576 g/mol. The van der Waals surface area contributed by atoms with Gasteiger partial charge in [-0.1, -0.05) is 60.7 Å². The van der Waals surface area contributed by atoms with Crippen LogP contribution in [0.3, 0.4) is 0 Å². The van der Waals surface area contributed by atoms with Gasteiger partial charge in [0.15, 0.2) is 6.61 Å². The highest BCUT2D eigenvalue weighted by Gasteiger charge is 2.06. The molecule has 13 heteroatoms. The lowest BCUT2D eigenvalue weighted by atomic mass is 10.2. The number of nitrogens with zero attached hydrogens (tertiary/aromatic N) is 3. The summed E-state index contributed by atoms with van der Waals surface area (Å²) in [5, 5.41) is 20.4. The second kappa shape index (κ2) is 26.9. The molecule has 0 radical (unpaired) electrons. The minimum absolute atomic E-state index is 0.156. The van der Waals surface area contributed by atoms with E-state index in [1.165, 1.54) is 6.92 Å². The van der Waals surface area contributed by atoms with E-state index in [0.717, 1.165) is 17.3 Å². The van der Waals surface area contributed by atoms with Crippen molar-refractivity contribution >= 4 is 55.2 Å². The van der Waals surface area contributed by atoms with Crippen molar-refractivity contribution in [2.75, 3.05) is 18.1 Å². The van der Waals surface area contributed by atoms with Crippen LogP contribution in [0.2, 0.25) is 0 Å². The number of carboxylic acids is 1. The SMILES string of the molecule is CC#N.O=C(COC(=O)CCS)NCc1ccccc1.O=C(O)CCS.[N-]=[N+]=CC(=O)NCc1ccccc1. The number of ether oxygens (including phenoxy) is 1. The maximum atomic E-state index is 11.3. The number of hydrogen-bond donors (Lipinski definition) is 5. The Bertz CT molecular complexity index is 1060. The summed E-state index contributed by atoms with van der Waals surface area (Å²) >= 11 is 7.57. The Morgan fingerprint density at radius 2 is 1.41 bits per heavy atom. The molecule has 0 aliphatic carbocycles. The van der Waals surface area contributed by atoms with Crippen LogP contribution in [0.15, 0.2) is 60.7 Å². The van der Waals surface area contributed by atoms with E-state index in [4.69, 9.17) is 20.6 Å². The number of carbonyl (C=O) groups is 4. The molecular formula is C26H33N5O6S2. The minimum atomic E-state index is -0.787. The first-order valence-electron chi connectivity index (χ1n) is 11.4. The standard InChI is InChI=1S/C12H15NO3S.C9H9N3O.C3H6O2S.C2H3N/c14-11(9-16-12(15)6-7-17)13-8-10-4-2-1-3-5-10;10-12-7-9(13)11-6-8-4-2-1-3-5-8;4-3(5)1-2-6;1-2-3/h1-5,17H,6-9H2,(H,13,14);1-5,7H,6H2,(H,11,13);6H,1-2H2,(H,4,5);1H3. The smallest absolute Gasteiger partial charge is 0.344 e. The Kier molecular flexibility index (Phi) is 25.6. The first-order valence-corrected chi connectivity index (χ1v) is 12.7. The quantitative estimate of drug-likeness (QED) is 0.0897. The van der Waals surface area contributed by atoms with E-state index in [-0.39, 0.29) is 25.4 Å². The van der Waals surface area contributed by atoms with Crippen LogP contribution < -0.4 is 10.6 Å². The lowest BCUT2D eigenvalue weighted by Crippen LogP contribution is -2.28. The predicted molar refractivity (Wildman–Crippen MR) is 153 cm³/mol. The zero-order valence-electron chi connectivity index (χ0n) is 21.5. The third-order valence-electron chi connectivity index (χ3n) is 3.82. The summed E-state index contributed by atoms with van der Waals surface area (Å²) < 4.78 is 4.73. The molecule has 2 aromatic rings. The van der Waals surface area contributed by atoms with Gasteiger partial charge in [0.25, 0.3) is 5.91 Å². The van der Waals surface area contributed by atoms with Gasteiger partial charge in [-0.2, -0.15) is 35.3 Å². The maximum absolute atomic E-state index is 11.3. The number of hydrogen-bond acceptors (Lipinski definition) is 8. The Morgan fingerprint density at radius 3 is 1.79 bits per heavy atom. The van der Waals surface area contributed by atoms with Gasteiger partial charge in [0.1, 0.15) is 0 Å². The zero-order chi connectivity index (χ0) is 29.7. The lowest BCUT2D eigenvalue weighted by molar-refractivity contribution is -0.148. The summed E-state index contributed by atoms with van der Waals surface area (Å²) in [5.41, 5.74) is 10.0. The normalized spacial score (nSPS) is 8.56. The van der Waals surface area contributed by atoms with E-state index in [0.29, 0.717) is 24.6 Å². The van der Waals surface area contributed by atoms with Gasteiger partial charge in [-0.05, 0) is 11.1 Å². The summed E-state index contributed by atoms with van der Waals surface area (Å²) in [6, 6.07) is 20.8. The van der Waals surface area contributed by atoms with Gasteiger partial charge >= 0.3 is 24.1 Å². The van der Waals surface area contributed by atoms with Gasteiger partial charge in [0, 0.05) is 31.5 Å². The summed E-state index contributed by atoms with van der Waals surface area (Å²) in [5.74, 6) is -1.06. The number of nitriles is 1. The zero-order valence-corrected chi connectivity index (χ0v) is 23.3. The van der Waals surface area contributed by atoms with Crippen molar-refractivity contribution in [3.05, 3.63) is 77.3 Å². The summed E-state index contributed by atoms with van der Waals surface area (Å²) in [6.07, 6.45) is 1.20. The molecule has 0 aromatic heterocycles. The van der Waals surface area contributed by atoms with Gasteiger partial charge in [-0.15, -0.1) is 0 Å². The topological polar surface area (TPSA) is 182 Å². The minimum Gasteiger partial charge on any atom is -0.481 e. The molecule has 0 fully saturated rings. The number of esters is 1. The molecule has 0 saturated heterocycles. The predicted octanol–water partition coefficient (Wildman–Crippen LogP) is 2.69. The second-order valence-corrected chi connectivity index (χ2v) is 7.83. The molecule has 39 heavy (non-hydrogen) atoms. The van der Waals surface area contributed by atoms with Gasteiger partial charge in [0.2, 0.25) is 0 Å². The maximum Gasteiger partial charge on any atom is 0.344 e. The third-order valence-corrected chi connectivity index (χ3v) is 4.27. The van der Waals surface area contributed by atoms with E-state index in [9.17, 15) is 19.2 Å². The van der Waals surface area contributed by atoms with Crippen molar-refractivity contribution in [2.24, 2.45) is 0 Å². The van der Waals surface area contributed by atoms with Gasteiger partial charge in [-0.25, -0.2) is 0 Å². The molecule has 0 unspecified atom stereocenters. The number of carboxylic acid groups (broad SMARTS) is 1. The van der Waals surface area contributed by atoms with Gasteiger partial charge < -0.3 is 26.0 Å². The van der Waals surface area contributed by atoms with Crippen LogP contribution in [-0.4, -0.2) is 58.0 Å². The van der Waals surface area contributed by atoms with Crippen LogP contribution in [-0.2, 0) is 37.0 Å². The van der Waals surface area contributed by atoms with E-state index in [2.05, 4.69) is 40.7 Å². The highest BCUT2D eigenvalue weighted by Crippen LogP contribution is 1.97. The molecule has 0 aliphatic rings. The van der Waals surface area contributed by atoms with Crippen molar-refractivity contribution in [1.82, 2.24) is 10.6 Å². The fraction of sp³-hybridized carbons (Fsp3) is 0.308. The summed E-state index contributed by atoms with van der Waals surface area (Å²) in [7, 11) is 0. The van der Waals surface area contributed by atoms with Crippen LogP contribution in [0.25, 0.3) is 5.53 Å². The van der Waals surface area contributed by atoms with Crippen molar-refractivity contribution in [3.63, 3.8) is 0 Å². The van der Waals surface area contributed by atoms with Crippen LogP contribution in [0.1, 0.15) is 30.9 Å². The molecule has 0 bridgehead atoms. The molecule has 0 aliphatic heterocycles. The third kappa shape index (κ3) is 26.8. The van der Waals surface area contributed by atoms with Gasteiger partial charge in [0.05, 0.1) is 18.9 Å². The molecule has 3 N–H and O–H groups in total. The highest BCUT2D eigenvalue weighted by atomic mass is 32.1. The van der Waals surface area contributed by atoms with E-state index in [1.54, 1.807) is 6.07 Å². The van der Waals surface area contributed by atoms with Crippen LogP contribution in [0, 0.1) is 11.3 Å². The molecular weight excluding hydrogens is 542 g/mol.